The number of halogens is 3. The van der Waals surface area contributed by atoms with E-state index in [0.29, 0.717) is 5.56 Å². The van der Waals surface area contributed by atoms with Crippen molar-refractivity contribution in [2.45, 2.75) is 26.1 Å². The van der Waals surface area contributed by atoms with E-state index < -0.39 is 29.3 Å². The number of alkyl carbamates (subject to hydrolysis) is 1. The maximum atomic E-state index is 13.0. The molecule has 1 fully saturated rings. The Hall–Kier alpha value is -1.92. The molecule has 7 heteroatoms. The van der Waals surface area contributed by atoms with E-state index in [1.807, 2.05) is 13.8 Å². The van der Waals surface area contributed by atoms with Crippen LogP contribution in [-0.2, 0) is 10.9 Å². The fraction of sp³-hybridized carbons (Fsp3) is 0.500. The van der Waals surface area contributed by atoms with Crippen LogP contribution in [0.5, 0.6) is 5.75 Å². The molecule has 0 saturated carbocycles. The van der Waals surface area contributed by atoms with E-state index in [0.717, 1.165) is 12.1 Å². The third kappa shape index (κ3) is 3.22. The lowest BCUT2D eigenvalue weighted by molar-refractivity contribution is -0.137. The van der Waals surface area contributed by atoms with Crippen molar-refractivity contribution < 1.29 is 27.4 Å². The van der Waals surface area contributed by atoms with Gasteiger partial charge in [-0.15, -0.1) is 0 Å². The summed E-state index contributed by atoms with van der Waals surface area (Å²) in [5.74, 6) is 0.0939. The Bertz CT molecular complexity index is 555. The highest BCUT2D eigenvalue weighted by Crippen LogP contribution is 2.40. The van der Waals surface area contributed by atoms with Gasteiger partial charge in [-0.1, -0.05) is 13.8 Å². The number of methoxy groups -OCH3 is 1. The van der Waals surface area contributed by atoms with Gasteiger partial charge >= 0.3 is 12.3 Å². The van der Waals surface area contributed by atoms with Gasteiger partial charge in [0.1, 0.15) is 12.4 Å². The molecular weight excluding hydrogens is 287 g/mol. The second kappa shape index (κ2) is 5.13. The van der Waals surface area contributed by atoms with Crippen molar-refractivity contribution in [3.8, 4) is 5.75 Å². The molecule has 0 spiro atoms. The molecule has 0 aliphatic carbocycles. The average molecular weight is 303 g/mol. The number of benzene rings is 1. The minimum atomic E-state index is -4.48. The Morgan fingerprint density at radius 3 is 2.57 bits per heavy atom. The molecule has 1 aromatic carbocycles. The number of ether oxygens (including phenoxy) is 2. The van der Waals surface area contributed by atoms with Gasteiger partial charge in [-0.3, -0.25) is 0 Å². The molecule has 0 unspecified atom stereocenters. The van der Waals surface area contributed by atoms with Crippen LogP contribution < -0.4 is 10.1 Å². The van der Waals surface area contributed by atoms with Gasteiger partial charge in [0.2, 0.25) is 0 Å². The van der Waals surface area contributed by atoms with E-state index in [4.69, 9.17) is 9.47 Å². The molecule has 1 amide bonds. The lowest BCUT2D eigenvalue weighted by Gasteiger charge is -2.38. The highest BCUT2D eigenvalue weighted by atomic mass is 19.4. The summed E-state index contributed by atoms with van der Waals surface area (Å²) in [6.45, 7) is 3.75. The number of carbonyl (C=O) groups excluding carboxylic acids is 1. The van der Waals surface area contributed by atoms with Gasteiger partial charge in [0.25, 0.3) is 0 Å². The number of hydrogen-bond donors (Lipinski definition) is 1. The number of hydrogen-bond acceptors (Lipinski definition) is 3. The van der Waals surface area contributed by atoms with E-state index >= 15 is 0 Å². The first-order valence-electron chi connectivity index (χ1n) is 6.33. The lowest BCUT2D eigenvalue weighted by atomic mass is 9.80. The van der Waals surface area contributed by atoms with Crippen LogP contribution in [0.15, 0.2) is 18.2 Å². The minimum absolute atomic E-state index is 0.0939. The maximum Gasteiger partial charge on any atom is 0.416 e. The third-order valence-corrected chi connectivity index (χ3v) is 3.44. The first-order chi connectivity index (χ1) is 9.63. The fourth-order valence-corrected chi connectivity index (χ4v) is 2.29. The average Bonchev–Trinajstić information content (AvgIpc) is 2.40. The van der Waals surface area contributed by atoms with Crippen LogP contribution in [0.3, 0.4) is 0 Å². The minimum Gasteiger partial charge on any atom is -0.497 e. The summed E-state index contributed by atoms with van der Waals surface area (Å²) in [6, 6.07) is 2.86. The van der Waals surface area contributed by atoms with E-state index in [9.17, 15) is 18.0 Å². The molecule has 21 heavy (non-hydrogen) atoms. The van der Waals surface area contributed by atoms with Crippen LogP contribution >= 0.6 is 0 Å². The van der Waals surface area contributed by atoms with Crippen molar-refractivity contribution in [2.24, 2.45) is 5.41 Å². The zero-order valence-electron chi connectivity index (χ0n) is 11.9. The highest BCUT2D eigenvalue weighted by molar-refractivity contribution is 5.69. The van der Waals surface area contributed by atoms with Gasteiger partial charge in [0.15, 0.2) is 0 Å². The second-order valence-electron chi connectivity index (χ2n) is 5.63. The van der Waals surface area contributed by atoms with E-state index in [1.165, 1.54) is 13.2 Å². The molecule has 1 heterocycles. The van der Waals surface area contributed by atoms with Crippen molar-refractivity contribution in [2.75, 3.05) is 13.7 Å². The molecule has 1 saturated heterocycles. The predicted molar refractivity (Wildman–Crippen MR) is 69.0 cm³/mol. The number of cyclic esters (lactones) is 1. The van der Waals surface area contributed by atoms with Gasteiger partial charge in [-0.25, -0.2) is 4.79 Å². The van der Waals surface area contributed by atoms with Crippen molar-refractivity contribution in [1.29, 1.82) is 0 Å². The molecule has 1 aromatic rings. The van der Waals surface area contributed by atoms with Crippen molar-refractivity contribution >= 4 is 6.09 Å². The zero-order chi connectivity index (χ0) is 15.8. The number of carbonyl (C=O) groups is 1. The molecule has 1 aliphatic heterocycles. The summed E-state index contributed by atoms with van der Waals surface area (Å²) in [5, 5.41) is 2.57. The number of alkyl halides is 3. The van der Waals surface area contributed by atoms with Crippen LogP contribution in [0.1, 0.15) is 31.0 Å². The summed E-state index contributed by atoms with van der Waals surface area (Å²) in [4.78, 5) is 11.4. The predicted octanol–water partition coefficient (Wildman–Crippen LogP) is 3.52. The third-order valence-electron chi connectivity index (χ3n) is 3.44. The van der Waals surface area contributed by atoms with Crippen LogP contribution in [0.25, 0.3) is 0 Å². The number of amides is 1. The summed E-state index contributed by atoms with van der Waals surface area (Å²) in [6.07, 6.45) is -5.13. The summed E-state index contributed by atoms with van der Waals surface area (Å²) >= 11 is 0. The standard InChI is InChI=1S/C14H16F3NO3/c1-13(2)7-21-12(19)18-11(13)8-4-9(14(15,16)17)6-10(5-8)20-3/h4-6,11H,7H2,1-3H3,(H,18,19)/t11-/m1/s1. The Morgan fingerprint density at radius 2 is 2.00 bits per heavy atom. The molecule has 1 aliphatic rings. The van der Waals surface area contributed by atoms with Crippen LogP contribution in [0, 0.1) is 5.41 Å². The normalized spacial score (nSPS) is 21.4. The van der Waals surface area contributed by atoms with Gasteiger partial charge in [0, 0.05) is 5.41 Å². The molecule has 4 nitrogen and oxygen atoms in total. The van der Waals surface area contributed by atoms with Crippen molar-refractivity contribution in [3.05, 3.63) is 29.3 Å². The zero-order valence-corrected chi connectivity index (χ0v) is 11.9. The second-order valence-corrected chi connectivity index (χ2v) is 5.63. The molecule has 0 radical (unpaired) electrons. The Balaban J connectivity index is 2.49. The Kier molecular flexibility index (Phi) is 3.78. The van der Waals surface area contributed by atoms with Crippen molar-refractivity contribution in [1.82, 2.24) is 5.32 Å². The van der Waals surface area contributed by atoms with Gasteiger partial charge in [-0.05, 0) is 23.8 Å². The maximum absolute atomic E-state index is 13.0. The Labute approximate surface area is 120 Å². The van der Waals surface area contributed by atoms with Crippen LogP contribution in [0.2, 0.25) is 0 Å². The SMILES string of the molecule is COc1cc([C@H]2NC(=O)OCC2(C)C)cc(C(F)(F)F)c1. The molecule has 0 aromatic heterocycles. The Morgan fingerprint density at radius 1 is 1.33 bits per heavy atom. The van der Waals surface area contributed by atoms with E-state index in [2.05, 4.69) is 5.32 Å². The van der Waals surface area contributed by atoms with Gasteiger partial charge in [-0.2, -0.15) is 13.2 Å². The van der Waals surface area contributed by atoms with Crippen LogP contribution in [-0.4, -0.2) is 19.8 Å². The summed E-state index contributed by atoms with van der Waals surface area (Å²) < 4.78 is 48.7. The molecule has 1 atom stereocenters. The smallest absolute Gasteiger partial charge is 0.416 e. The van der Waals surface area contributed by atoms with Gasteiger partial charge < -0.3 is 14.8 Å². The fourth-order valence-electron chi connectivity index (χ4n) is 2.29. The summed E-state index contributed by atoms with van der Waals surface area (Å²) in [5.41, 5.74) is -1.01. The molecule has 116 valence electrons. The first-order valence-corrected chi connectivity index (χ1v) is 6.33. The topological polar surface area (TPSA) is 47.6 Å². The molecule has 2 rings (SSSR count). The van der Waals surface area contributed by atoms with Crippen molar-refractivity contribution in [3.63, 3.8) is 0 Å². The van der Waals surface area contributed by atoms with Gasteiger partial charge in [0.05, 0.1) is 18.7 Å². The van der Waals surface area contributed by atoms with E-state index in [-0.39, 0.29) is 12.4 Å². The number of nitrogens with one attached hydrogen (secondary N) is 1. The van der Waals surface area contributed by atoms with Crippen LogP contribution in [0.4, 0.5) is 18.0 Å². The summed E-state index contributed by atoms with van der Waals surface area (Å²) in [7, 11) is 1.30. The molecule has 1 N–H and O–H groups in total. The molecule has 0 bridgehead atoms. The van der Waals surface area contributed by atoms with E-state index in [1.54, 1.807) is 0 Å². The number of rotatable bonds is 2. The lowest BCUT2D eigenvalue weighted by Crippen LogP contribution is -2.47. The largest absolute Gasteiger partial charge is 0.497 e. The quantitative estimate of drug-likeness (QED) is 0.909. The molecular formula is C14H16F3NO3. The first kappa shape index (κ1) is 15.5. The monoisotopic (exact) mass is 303 g/mol. The highest BCUT2D eigenvalue weighted by Gasteiger charge is 2.39.